The van der Waals surface area contributed by atoms with Crippen molar-refractivity contribution >= 4 is 28.0 Å². The van der Waals surface area contributed by atoms with Crippen LogP contribution in [0.5, 0.6) is 0 Å². The Morgan fingerprint density at radius 2 is 1.47 bits per heavy atom. The molecular weight excluding hydrogens is 268 g/mol. The van der Waals surface area contributed by atoms with Crippen LogP contribution >= 0.6 is 0 Å². The molecule has 0 aromatic carbocycles. The fourth-order valence-corrected chi connectivity index (χ4v) is 12.0. The summed E-state index contributed by atoms with van der Waals surface area (Å²) in [5.74, 6) is 0.348. The smallest absolute Gasteiger partial charge is 0.158 e. The number of hydrazone groups is 1. The van der Waals surface area contributed by atoms with Gasteiger partial charge in [-0.15, -0.1) is 0 Å². The summed E-state index contributed by atoms with van der Waals surface area (Å²) in [6, 6.07) is 0. The predicted octanol–water partition coefficient (Wildman–Crippen LogP) is 4.09. The van der Waals surface area contributed by atoms with Crippen molar-refractivity contribution in [3.63, 3.8) is 0 Å². The maximum Gasteiger partial charge on any atom is 0.158 e. The fourth-order valence-electron chi connectivity index (χ4n) is 3.02. The first-order chi connectivity index (χ1) is 8.31. The first-order valence-corrected chi connectivity index (χ1v) is 14.1. The van der Waals surface area contributed by atoms with Gasteiger partial charge in [0, 0.05) is 18.6 Å². The van der Waals surface area contributed by atoms with Crippen LogP contribution in [-0.2, 0) is 4.79 Å². The van der Waals surface area contributed by atoms with Crippen molar-refractivity contribution < 1.29 is 4.79 Å². The summed E-state index contributed by atoms with van der Waals surface area (Å²) in [6.45, 7) is 18.4. The standard InChI is InChI=1S/C14H30N2OSi2/c1-14(2)10-12(9-13(17)11-14)15-16(18(3,4)5)19(6,7)8/h9-11H2,1-8H3. The molecule has 3 nitrogen and oxygen atoms in total. The van der Waals surface area contributed by atoms with Gasteiger partial charge in [0.25, 0.3) is 0 Å². The average Bonchev–Trinajstić information content (AvgIpc) is 2.06. The van der Waals surface area contributed by atoms with Crippen molar-refractivity contribution in [2.75, 3.05) is 0 Å². The van der Waals surface area contributed by atoms with Crippen LogP contribution in [0.4, 0.5) is 0 Å². The summed E-state index contributed by atoms with van der Waals surface area (Å²) < 4.78 is 2.42. The van der Waals surface area contributed by atoms with Gasteiger partial charge in [-0.1, -0.05) is 53.1 Å². The Kier molecular flexibility index (Phi) is 4.52. The quantitative estimate of drug-likeness (QED) is 0.580. The van der Waals surface area contributed by atoms with E-state index >= 15 is 0 Å². The molecule has 0 unspecified atom stereocenters. The van der Waals surface area contributed by atoms with Gasteiger partial charge in [-0.25, -0.2) is 5.10 Å². The Morgan fingerprint density at radius 3 is 1.84 bits per heavy atom. The van der Waals surface area contributed by atoms with Gasteiger partial charge in [-0.2, -0.15) is 0 Å². The van der Waals surface area contributed by atoms with E-state index in [0.717, 1.165) is 12.1 Å². The van der Waals surface area contributed by atoms with Gasteiger partial charge in [-0.05, 0) is 11.8 Å². The van der Waals surface area contributed by atoms with Crippen LogP contribution in [0.2, 0.25) is 39.3 Å². The molecule has 0 aliphatic heterocycles. The van der Waals surface area contributed by atoms with Crippen LogP contribution in [-0.4, -0.2) is 32.3 Å². The summed E-state index contributed by atoms with van der Waals surface area (Å²) in [5.41, 5.74) is 1.18. The lowest BCUT2D eigenvalue weighted by Crippen LogP contribution is -2.56. The number of carbonyl (C=O) groups is 1. The molecule has 1 rings (SSSR count). The SMILES string of the molecule is CC1(C)CC(=O)CC(=NN([Si](C)(C)C)[Si](C)(C)C)C1. The van der Waals surface area contributed by atoms with Crippen LogP contribution in [0, 0.1) is 5.41 Å². The van der Waals surface area contributed by atoms with E-state index in [2.05, 4.69) is 57.5 Å². The first kappa shape index (κ1) is 16.6. The molecule has 0 bridgehead atoms. The summed E-state index contributed by atoms with van der Waals surface area (Å²) in [6.07, 6.45) is 2.23. The lowest BCUT2D eigenvalue weighted by atomic mass is 9.76. The van der Waals surface area contributed by atoms with Crippen LogP contribution in [0.3, 0.4) is 0 Å². The van der Waals surface area contributed by atoms with E-state index in [1.807, 2.05) is 0 Å². The highest BCUT2D eigenvalue weighted by molar-refractivity contribution is 6.89. The number of carbonyl (C=O) groups excluding carboxylic acids is 1. The van der Waals surface area contributed by atoms with Gasteiger partial charge in [0.15, 0.2) is 16.5 Å². The molecule has 5 heteroatoms. The molecule has 0 amide bonds. The van der Waals surface area contributed by atoms with E-state index in [0.29, 0.717) is 18.6 Å². The molecule has 110 valence electrons. The summed E-state index contributed by atoms with van der Waals surface area (Å²) in [5, 5.41) is 4.98. The van der Waals surface area contributed by atoms with Gasteiger partial charge in [0.05, 0.1) is 0 Å². The molecule has 1 aliphatic rings. The van der Waals surface area contributed by atoms with Crippen molar-refractivity contribution in [3.8, 4) is 0 Å². The minimum absolute atomic E-state index is 0.0821. The lowest BCUT2D eigenvalue weighted by Gasteiger charge is -2.43. The molecule has 19 heavy (non-hydrogen) atoms. The topological polar surface area (TPSA) is 32.7 Å². The highest BCUT2D eigenvalue weighted by atomic mass is 28.4. The maximum atomic E-state index is 11.9. The number of rotatable bonds is 3. The molecule has 1 saturated carbocycles. The van der Waals surface area contributed by atoms with Crippen molar-refractivity contribution in [2.24, 2.45) is 10.5 Å². The largest absolute Gasteiger partial charge is 0.350 e. The highest BCUT2D eigenvalue weighted by Gasteiger charge is 2.36. The van der Waals surface area contributed by atoms with Crippen molar-refractivity contribution in [1.29, 1.82) is 0 Å². The molecule has 1 aliphatic carbocycles. The number of Topliss-reactive ketones (excluding diaryl/α,β-unsaturated/α-hetero) is 1. The van der Waals surface area contributed by atoms with E-state index in [1.165, 1.54) is 0 Å². The molecule has 1 fully saturated rings. The average molecular weight is 299 g/mol. The molecule has 0 heterocycles. The number of hydrogen-bond donors (Lipinski definition) is 0. The Labute approximate surface area is 120 Å². The molecule has 0 saturated heterocycles. The van der Waals surface area contributed by atoms with Crippen molar-refractivity contribution in [2.45, 2.75) is 72.4 Å². The minimum Gasteiger partial charge on any atom is -0.350 e. The van der Waals surface area contributed by atoms with Gasteiger partial charge in [0.1, 0.15) is 5.78 Å². The van der Waals surface area contributed by atoms with Crippen LogP contribution in [0.1, 0.15) is 33.1 Å². The van der Waals surface area contributed by atoms with Crippen LogP contribution in [0.25, 0.3) is 0 Å². The molecule has 0 aromatic rings. The van der Waals surface area contributed by atoms with Gasteiger partial charge in [-0.3, -0.25) is 4.79 Å². The summed E-state index contributed by atoms with van der Waals surface area (Å²) in [7, 11) is -2.96. The van der Waals surface area contributed by atoms with E-state index in [9.17, 15) is 4.79 Å². The third kappa shape index (κ3) is 4.87. The zero-order valence-corrected chi connectivity index (χ0v) is 15.9. The predicted molar refractivity (Wildman–Crippen MR) is 88.6 cm³/mol. The van der Waals surface area contributed by atoms with Gasteiger partial charge in [0.2, 0.25) is 0 Å². The molecule has 0 aromatic heterocycles. The summed E-state index contributed by atoms with van der Waals surface area (Å²) in [4.78, 5) is 11.9. The third-order valence-corrected chi connectivity index (χ3v) is 10.0. The second kappa shape index (κ2) is 5.16. The number of hydrogen-bond acceptors (Lipinski definition) is 3. The van der Waals surface area contributed by atoms with Gasteiger partial charge >= 0.3 is 0 Å². The Morgan fingerprint density at radius 1 is 1.00 bits per heavy atom. The first-order valence-electron chi connectivity index (χ1n) is 7.20. The van der Waals surface area contributed by atoms with Crippen LogP contribution < -0.4 is 0 Å². The Bertz CT molecular complexity index is 375. The zero-order valence-electron chi connectivity index (χ0n) is 13.9. The molecular formula is C14H30N2OSi2. The molecule has 0 N–H and O–H groups in total. The fraction of sp³-hybridized carbons (Fsp3) is 0.857. The van der Waals surface area contributed by atoms with Crippen molar-refractivity contribution in [1.82, 2.24) is 4.34 Å². The Balaban J connectivity index is 3.06. The normalized spacial score (nSPS) is 22.7. The minimum atomic E-state index is -1.48. The maximum absolute atomic E-state index is 11.9. The van der Waals surface area contributed by atoms with Gasteiger partial charge < -0.3 is 4.34 Å². The van der Waals surface area contributed by atoms with E-state index in [-0.39, 0.29) is 5.41 Å². The molecule has 0 spiro atoms. The van der Waals surface area contributed by atoms with E-state index in [4.69, 9.17) is 5.10 Å². The molecule has 0 radical (unpaired) electrons. The van der Waals surface area contributed by atoms with Crippen molar-refractivity contribution in [3.05, 3.63) is 0 Å². The molecule has 0 atom stereocenters. The Hall–Kier alpha value is -0.426. The number of nitrogens with zero attached hydrogens (tertiary/aromatic N) is 2. The number of ketones is 1. The highest BCUT2D eigenvalue weighted by Crippen LogP contribution is 2.33. The van der Waals surface area contributed by atoms with Crippen LogP contribution in [0.15, 0.2) is 5.10 Å². The van der Waals surface area contributed by atoms with E-state index < -0.39 is 16.5 Å². The zero-order chi connectivity index (χ0) is 15.1. The third-order valence-electron chi connectivity index (χ3n) is 3.27. The summed E-state index contributed by atoms with van der Waals surface area (Å²) >= 11 is 0. The van der Waals surface area contributed by atoms with E-state index in [1.54, 1.807) is 0 Å². The lowest BCUT2D eigenvalue weighted by molar-refractivity contribution is -0.120. The second-order valence-electron chi connectivity index (χ2n) is 8.55. The second-order valence-corrected chi connectivity index (χ2v) is 18.5. The monoisotopic (exact) mass is 298 g/mol.